The van der Waals surface area contributed by atoms with Crippen LogP contribution in [0.3, 0.4) is 0 Å². The van der Waals surface area contributed by atoms with Gasteiger partial charge in [-0.3, -0.25) is 9.58 Å². The topological polar surface area (TPSA) is 47.1 Å². The van der Waals surface area contributed by atoms with E-state index < -0.39 is 0 Å². The van der Waals surface area contributed by atoms with Crippen molar-refractivity contribution in [3.05, 3.63) is 30.0 Å². The zero-order valence-electron chi connectivity index (χ0n) is 13.8. The fourth-order valence-corrected chi connectivity index (χ4v) is 2.72. The molecule has 4 heteroatoms. The highest BCUT2D eigenvalue weighted by atomic mass is 15.3. The molecule has 1 aromatic carbocycles. The van der Waals surface area contributed by atoms with E-state index in [2.05, 4.69) is 61.5 Å². The van der Waals surface area contributed by atoms with E-state index in [4.69, 9.17) is 10.8 Å². The number of benzene rings is 1. The van der Waals surface area contributed by atoms with E-state index in [0.29, 0.717) is 6.54 Å². The number of nitrogens with two attached hydrogens (primary N) is 1. The lowest BCUT2D eigenvalue weighted by atomic mass is 9.93. The standard InChI is InChI=1S/C17H28N4/c1-5-20(13-17(3,4)12-18)11-15-14-9-7-8-10-16(14)21(6-2)19-15/h7-10H,5-6,11-13,18H2,1-4H3. The van der Waals surface area contributed by atoms with Crippen LogP contribution in [0.25, 0.3) is 10.9 Å². The van der Waals surface area contributed by atoms with Crippen LogP contribution in [0.2, 0.25) is 0 Å². The van der Waals surface area contributed by atoms with Crippen molar-refractivity contribution in [3.63, 3.8) is 0 Å². The number of hydrogen-bond donors (Lipinski definition) is 1. The van der Waals surface area contributed by atoms with Crippen LogP contribution in [0.1, 0.15) is 33.4 Å². The number of fused-ring (bicyclic) bond motifs is 1. The Hall–Kier alpha value is -1.39. The lowest BCUT2D eigenvalue weighted by molar-refractivity contribution is 0.182. The summed E-state index contributed by atoms with van der Waals surface area (Å²) in [7, 11) is 0. The van der Waals surface area contributed by atoms with Crippen LogP contribution in [-0.4, -0.2) is 34.3 Å². The normalized spacial score (nSPS) is 12.5. The molecule has 0 fully saturated rings. The number of aryl methyl sites for hydroxylation is 1. The highest BCUT2D eigenvalue weighted by Crippen LogP contribution is 2.22. The van der Waals surface area contributed by atoms with Crippen LogP contribution in [0, 0.1) is 5.41 Å². The molecular formula is C17H28N4. The molecule has 0 amide bonds. The molecule has 1 aromatic heterocycles. The Morgan fingerprint density at radius 3 is 2.57 bits per heavy atom. The van der Waals surface area contributed by atoms with E-state index in [0.717, 1.165) is 26.2 Å². The highest BCUT2D eigenvalue weighted by Gasteiger charge is 2.21. The molecule has 21 heavy (non-hydrogen) atoms. The molecule has 0 saturated heterocycles. The number of nitrogens with zero attached hydrogens (tertiary/aromatic N) is 3. The molecule has 0 aliphatic carbocycles. The van der Waals surface area contributed by atoms with Crippen molar-refractivity contribution in [2.45, 2.75) is 40.8 Å². The third-order valence-corrected chi connectivity index (χ3v) is 4.06. The van der Waals surface area contributed by atoms with Gasteiger partial charge < -0.3 is 5.73 Å². The molecule has 0 bridgehead atoms. The Labute approximate surface area is 127 Å². The summed E-state index contributed by atoms with van der Waals surface area (Å²) in [6.07, 6.45) is 0. The number of hydrogen-bond acceptors (Lipinski definition) is 3. The van der Waals surface area contributed by atoms with E-state index in [1.807, 2.05) is 0 Å². The molecule has 116 valence electrons. The number of rotatable bonds is 7. The van der Waals surface area contributed by atoms with Gasteiger partial charge in [0, 0.05) is 25.0 Å². The van der Waals surface area contributed by atoms with Gasteiger partial charge in [0.15, 0.2) is 0 Å². The molecule has 0 radical (unpaired) electrons. The van der Waals surface area contributed by atoms with Gasteiger partial charge in [0.1, 0.15) is 0 Å². The van der Waals surface area contributed by atoms with Crippen LogP contribution >= 0.6 is 0 Å². The summed E-state index contributed by atoms with van der Waals surface area (Å²) < 4.78 is 2.09. The van der Waals surface area contributed by atoms with Gasteiger partial charge in [-0.15, -0.1) is 0 Å². The molecule has 0 atom stereocenters. The van der Waals surface area contributed by atoms with Gasteiger partial charge in [-0.2, -0.15) is 5.10 Å². The first kappa shape index (κ1) is 16.0. The first-order valence-corrected chi connectivity index (χ1v) is 7.87. The van der Waals surface area contributed by atoms with Gasteiger partial charge in [-0.05, 0) is 31.5 Å². The summed E-state index contributed by atoms with van der Waals surface area (Å²) in [6.45, 7) is 13.3. The quantitative estimate of drug-likeness (QED) is 0.852. The van der Waals surface area contributed by atoms with E-state index in [1.54, 1.807) is 0 Å². The largest absolute Gasteiger partial charge is 0.330 e. The van der Waals surface area contributed by atoms with Crippen molar-refractivity contribution in [2.24, 2.45) is 11.1 Å². The van der Waals surface area contributed by atoms with Crippen LogP contribution in [0.5, 0.6) is 0 Å². The second-order valence-corrected chi connectivity index (χ2v) is 6.45. The Balaban J connectivity index is 2.25. The van der Waals surface area contributed by atoms with Crippen molar-refractivity contribution >= 4 is 10.9 Å². The van der Waals surface area contributed by atoms with Gasteiger partial charge in [0.2, 0.25) is 0 Å². The van der Waals surface area contributed by atoms with Crippen LogP contribution < -0.4 is 5.73 Å². The monoisotopic (exact) mass is 288 g/mol. The van der Waals surface area contributed by atoms with Crippen LogP contribution in [0.4, 0.5) is 0 Å². The van der Waals surface area contributed by atoms with Gasteiger partial charge in [0.05, 0.1) is 11.2 Å². The molecule has 2 N–H and O–H groups in total. The van der Waals surface area contributed by atoms with Crippen molar-refractivity contribution in [1.29, 1.82) is 0 Å². The minimum Gasteiger partial charge on any atom is -0.330 e. The molecule has 2 aromatic rings. The van der Waals surface area contributed by atoms with Crippen molar-refractivity contribution in [3.8, 4) is 0 Å². The average molecular weight is 288 g/mol. The Morgan fingerprint density at radius 1 is 1.24 bits per heavy atom. The lowest BCUT2D eigenvalue weighted by Crippen LogP contribution is -2.38. The second-order valence-electron chi connectivity index (χ2n) is 6.45. The fourth-order valence-electron chi connectivity index (χ4n) is 2.72. The fraction of sp³-hybridized carbons (Fsp3) is 0.588. The summed E-state index contributed by atoms with van der Waals surface area (Å²) >= 11 is 0. The minimum absolute atomic E-state index is 0.138. The first-order chi connectivity index (χ1) is 10.0. The maximum absolute atomic E-state index is 5.87. The Morgan fingerprint density at radius 2 is 1.95 bits per heavy atom. The number of para-hydroxylation sites is 1. The van der Waals surface area contributed by atoms with Crippen molar-refractivity contribution < 1.29 is 0 Å². The molecular weight excluding hydrogens is 260 g/mol. The third-order valence-electron chi connectivity index (χ3n) is 4.06. The predicted octanol–water partition coefficient (Wildman–Crippen LogP) is 2.86. The molecule has 4 nitrogen and oxygen atoms in total. The summed E-state index contributed by atoms with van der Waals surface area (Å²) in [5.41, 5.74) is 8.41. The maximum atomic E-state index is 5.87. The van der Waals surface area contributed by atoms with Gasteiger partial charge in [-0.25, -0.2) is 0 Å². The molecule has 0 spiro atoms. The van der Waals surface area contributed by atoms with Crippen LogP contribution in [0.15, 0.2) is 24.3 Å². The molecule has 0 aliphatic heterocycles. The maximum Gasteiger partial charge on any atom is 0.0843 e. The smallest absolute Gasteiger partial charge is 0.0843 e. The molecule has 0 aliphatic rings. The summed E-state index contributed by atoms with van der Waals surface area (Å²) in [6, 6.07) is 8.49. The molecule has 2 rings (SSSR count). The summed E-state index contributed by atoms with van der Waals surface area (Å²) in [5.74, 6) is 0. The second kappa shape index (κ2) is 6.58. The van der Waals surface area contributed by atoms with E-state index >= 15 is 0 Å². The van der Waals surface area contributed by atoms with Crippen molar-refractivity contribution in [1.82, 2.24) is 14.7 Å². The third kappa shape index (κ3) is 3.63. The predicted molar refractivity (Wildman–Crippen MR) is 89.2 cm³/mol. The Bertz CT molecular complexity index is 585. The minimum atomic E-state index is 0.138. The SMILES string of the molecule is CCN(Cc1nn(CC)c2ccccc12)CC(C)(C)CN. The summed E-state index contributed by atoms with van der Waals surface area (Å²) in [4.78, 5) is 2.43. The summed E-state index contributed by atoms with van der Waals surface area (Å²) in [5, 5.41) is 6.06. The molecule has 0 unspecified atom stereocenters. The zero-order valence-corrected chi connectivity index (χ0v) is 13.8. The zero-order chi connectivity index (χ0) is 15.5. The van der Waals surface area contributed by atoms with Gasteiger partial charge in [-0.1, -0.05) is 39.0 Å². The van der Waals surface area contributed by atoms with Crippen molar-refractivity contribution in [2.75, 3.05) is 19.6 Å². The average Bonchev–Trinajstić information content (AvgIpc) is 2.84. The first-order valence-electron chi connectivity index (χ1n) is 7.87. The Kier molecular flexibility index (Phi) is 5.01. The van der Waals surface area contributed by atoms with E-state index in [-0.39, 0.29) is 5.41 Å². The highest BCUT2D eigenvalue weighted by molar-refractivity contribution is 5.81. The van der Waals surface area contributed by atoms with E-state index in [9.17, 15) is 0 Å². The van der Waals surface area contributed by atoms with Crippen LogP contribution in [-0.2, 0) is 13.1 Å². The van der Waals surface area contributed by atoms with E-state index in [1.165, 1.54) is 16.6 Å². The lowest BCUT2D eigenvalue weighted by Gasteiger charge is -2.30. The molecule has 1 heterocycles. The van der Waals surface area contributed by atoms with Gasteiger partial charge >= 0.3 is 0 Å². The molecule has 0 saturated carbocycles. The van der Waals surface area contributed by atoms with Gasteiger partial charge in [0.25, 0.3) is 0 Å². The number of aromatic nitrogens is 2.